The topological polar surface area (TPSA) is 97.1 Å². The molecule has 3 N–H and O–H groups in total. The van der Waals surface area contributed by atoms with E-state index in [0.29, 0.717) is 44.6 Å². The van der Waals surface area contributed by atoms with Gasteiger partial charge in [0, 0.05) is 51.0 Å². The van der Waals surface area contributed by atoms with Gasteiger partial charge in [0.1, 0.15) is 6.17 Å². The van der Waals surface area contributed by atoms with E-state index in [9.17, 15) is 9.59 Å². The molecule has 9 heteroatoms. The zero-order valence-corrected chi connectivity index (χ0v) is 22.7. The van der Waals surface area contributed by atoms with E-state index in [0.717, 1.165) is 25.8 Å². The molecule has 2 saturated heterocycles. The van der Waals surface area contributed by atoms with Crippen molar-refractivity contribution in [3.8, 4) is 0 Å². The Balaban J connectivity index is 1.30. The van der Waals surface area contributed by atoms with Crippen LogP contribution in [0.25, 0.3) is 0 Å². The number of carbonyl (C=O) groups is 2. The number of Topliss-reactive ketones (excluding diaryl/α,β-unsaturated/α-hetero) is 1. The quantitative estimate of drug-likeness (QED) is 0.383. The fourth-order valence-electron chi connectivity index (χ4n) is 8.57. The summed E-state index contributed by atoms with van der Waals surface area (Å²) >= 11 is 0. The molecule has 3 aliphatic heterocycles. The SMILES string of the molecule is CCOCCCNC(=O)C1=CN2C3CC4CCCCC4CC3OC3C(N4CCC(N)C4)C(F)CC(C1=O)C32. The molecule has 6 aliphatic rings. The fraction of sp³-hybridized carbons (Fsp3) is 0.862. The summed E-state index contributed by atoms with van der Waals surface area (Å²) in [6, 6.07) is -0.444. The first-order valence-corrected chi connectivity index (χ1v) is 15.1. The Hall–Kier alpha value is -1.55. The van der Waals surface area contributed by atoms with Crippen LogP contribution in [-0.4, -0.2) is 96.9 Å². The Morgan fingerprint density at radius 3 is 2.71 bits per heavy atom. The molecular formula is C29H45FN4O4. The van der Waals surface area contributed by atoms with Crippen LogP contribution in [0.3, 0.4) is 0 Å². The van der Waals surface area contributed by atoms with E-state index in [1.165, 1.54) is 25.7 Å². The highest BCUT2D eigenvalue weighted by atomic mass is 19.1. The number of ketones is 1. The average molecular weight is 533 g/mol. The minimum absolute atomic E-state index is 0.000261. The predicted molar refractivity (Wildman–Crippen MR) is 141 cm³/mol. The lowest BCUT2D eigenvalue weighted by atomic mass is 9.64. The van der Waals surface area contributed by atoms with Crippen LogP contribution in [0, 0.1) is 17.8 Å². The van der Waals surface area contributed by atoms with Gasteiger partial charge in [0.05, 0.1) is 35.9 Å². The maximum atomic E-state index is 16.0. The van der Waals surface area contributed by atoms with Gasteiger partial charge in [-0.05, 0) is 50.9 Å². The first kappa shape index (κ1) is 26.7. The molecule has 3 heterocycles. The van der Waals surface area contributed by atoms with Gasteiger partial charge in [-0.2, -0.15) is 0 Å². The zero-order valence-electron chi connectivity index (χ0n) is 22.7. The molecular weight excluding hydrogens is 487 g/mol. The van der Waals surface area contributed by atoms with Gasteiger partial charge in [-0.25, -0.2) is 4.39 Å². The second kappa shape index (κ2) is 11.1. The molecule has 0 aromatic carbocycles. The van der Waals surface area contributed by atoms with Crippen molar-refractivity contribution in [2.45, 2.75) is 107 Å². The summed E-state index contributed by atoms with van der Waals surface area (Å²) in [6.45, 7) is 5.02. The van der Waals surface area contributed by atoms with Crippen LogP contribution in [-0.2, 0) is 19.1 Å². The lowest BCUT2D eigenvalue weighted by molar-refractivity contribution is -0.219. The number of fused-ring (bicyclic) bond motifs is 3. The third-order valence-corrected chi connectivity index (χ3v) is 10.3. The summed E-state index contributed by atoms with van der Waals surface area (Å²) in [5, 5.41) is 2.92. The third kappa shape index (κ3) is 4.82. The number of hydrogen-bond donors (Lipinski definition) is 2. The van der Waals surface area contributed by atoms with E-state index < -0.39 is 24.2 Å². The second-order valence-corrected chi connectivity index (χ2v) is 12.5. The van der Waals surface area contributed by atoms with Gasteiger partial charge in [-0.1, -0.05) is 25.7 Å². The molecule has 0 bridgehead atoms. The summed E-state index contributed by atoms with van der Waals surface area (Å²) in [4.78, 5) is 31.5. The number of morpholine rings is 1. The van der Waals surface area contributed by atoms with Crippen molar-refractivity contribution in [3.63, 3.8) is 0 Å². The number of halogens is 1. The number of rotatable bonds is 7. The highest BCUT2D eigenvalue weighted by molar-refractivity contribution is 6.20. The van der Waals surface area contributed by atoms with Crippen molar-refractivity contribution in [3.05, 3.63) is 11.8 Å². The lowest BCUT2D eigenvalue weighted by Crippen LogP contribution is -2.73. The smallest absolute Gasteiger partial charge is 0.256 e. The number of nitrogens with zero attached hydrogens (tertiary/aromatic N) is 2. The van der Waals surface area contributed by atoms with Gasteiger partial charge < -0.3 is 25.4 Å². The number of nitrogens with two attached hydrogens (primary N) is 1. The Labute approximate surface area is 225 Å². The molecule has 212 valence electrons. The molecule has 10 unspecified atom stereocenters. The van der Waals surface area contributed by atoms with E-state index in [-0.39, 0.29) is 47.9 Å². The maximum absolute atomic E-state index is 16.0. The van der Waals surface area contributed by atoms with Gasteiger partial charge in [-0.15, -0.1) is 0 Å². The van der Waals surface area contributed by atoms with E-state index in [1.54, 1.807) is 0 Å². The van der Waals surface area contributed by atoms with E-state index in [2.05, 4.69) is 15.1 Å². The minimum atomic E-state index is -1.19. The third-order valence-electron chi connectivity index (χ3n) is 10.3. The standard InChI is InChI=1S/C29H45FN4O4/c1-2-37-11-5-9-32-29(36)21-16-34-23-12-17-6-3-4-7-18(17)13-24(23)38-28-25(34)20(27(21)35)14-22(30)26(28)33-10-8-19(31)15-33/h16-20,22-26,28H,2-15,31H2,1H3,(H,32,36). The summed E-state index contributed by atoms with van der Waals surface area (Å²) in [5.74, 6) is 0.173. The number of hydrogen-bond acceptors (Lipinski definition) is 7. The zero-order chi connectivity index (χ0) is 26.4. The molecule has 8 nitrogen and oxygen atoms in total. The first-order valence-electron chi connectivity index (χ1n) is 15.1. The largest absolute Gasteiger partial charge is 0.382 e. The normalized spacial score (nSPS) is 42.7. The van der Waals surface area contributed by atoms with Crippen LogP contribution < -0.4 is 11.1 Å². The van der Waals surface area contributed by atoms with Crippen LogP contribution in [0.5, 0.6) is 0 Å². The number of amides is 1. The van der Waals surface area contributed by atoms with Gasteiger partial charge >= 0.3 is 0 Å². The van der Waals surface area contributed by atoms with Gasteiger partial charge in [0.25, 0.3) is 5.91 Å². The molecule has 1 amide bonds. The molecule has 0 aromatic rings. The summed E-state index contributed by atoms with van der Waals surface area (Å²) in [6.07, 6.45) is 8.99. The molecule has 6 rings (SSSR count). The lowest BCUT2D eigenvalue weighted by Gasteiger charge is -2.61. The number of alkyl halides is 1. The Kier molecular flexibility index (Phi) is 7.82. The van der Waals surface area contributed by atoms with Crippen LogP contribution in [0.2, 0.25) is 0 Å². The first-order chi connectivity index (χ1) is 18.5. The van der Waals surface area contributed by atoms with E-state index >= 15 is 4.39 Å². The van der Waals surface area contributed by atoms with Crippen LogP contribution in [0.15, 0.2) is 11.8 Å². The highest BCUT2D eigenvalue weighted by Crippen LogP contribution is 2.50. The van der Waals surface area contributed by atoms with Crippen LogP contribution in [0.1, 0.15) is 64.7 Å². The van der Waals surface area contributed by atoms with Crippen LogP contribution >= 0.6 is 0 Å². The molecule has 0 spiro atoms. The number of nitrogens with one attached hydrogen (secondary N) is 1. The number of carbonyl (C=O) groups excluding carboxylic acids is 2. The molecule has 3 aliphatic carbocycles. The highest BCUT2D eigenvalue weighted by Gasteiger charge is 2.60. The Morgan fingerprint density at radius 2 is 1.97 bits per heavy atom. The molecule has 38 heavy (non-hydrogen) atoms. The van der Waals surface area contributed by atoms with Crippen LogP contribution in [0.4, 0.5) is 4.39 Å². The molecule has 0 aromatic heterocycles. The monoisotopic (exact) mass is 532 g/mol. The van der Waals surface area contributed by atoms with Crippen molar-refractivity contribution in [1.29, 1.82) is 0 Å². The number of likely N-dealkylation sites (tertiary alicyclic amines) is 1. The van der Waals surface area contributed by atoms with Crippen molar-refractivity contribution in [2.75, 3.05) is 32.8 Å². The van der Waals surface area contributed by atoms with Crippen molar-refractivity contribution < 1.29 is 23.5 Å². The average Bonchev–Trinajstić information content (AvgIpc) is 3.34. The molecule has 0 radical (unpaired) electrons. The summed E-state index contributed by atoms with van der Waals surface area (Å²) in [5.41, 5.74) is 6.41. The van der Waals surface area contributed by atoms with Gasteiger partial charge in [-0.3, -0.25) is 14.5 Å². The van der Waals surface area contributed by atoms with E-state index in [1.807, 2.05) is 13.1 Å². The summed E-state index contributed by atoms with van der Waals surface area (Å²) in [7, 11) is 0. The predicted octanol–water partition coefficient (Wildman–Crippen LogP) is 2.16. The van der Waals surface area contributed by atoms with Gasteiger partial charge in [0.2, 0.25) is 0 Å². The molecule has 3 saturated carbocycles. The van der Waals surface area contributed by atoms with E-state index in [4.69, 9.17) is 15.2 Å². The van der Waals surface area contributed by atoms with Crippen molar-refractivity contribution in [2.24, 2.45) is 23.5 Å². The Morgan fingerprint density at radius 1 is 1.18 bits per heavy atom. The van der Waals surface area contributed by atoms with Gasteiger partial charge in [0.15, 0.2) is 5.78 Å². The number of ether oxygens (including phenoxy) is 2. The van der Waals surface area contributed by atoms with Crippen molar-refractivity contribution >= 4 is 11.7 Å². The fourth-order valence-corrected chi connectivity index (χ4v) is 8.57. The minimum Gasteiger partial charge on any atom is -0.382 e. The molecule has 5 fully saturated rings. The maximum Gasteiger partial charge on any atom is 0.256 e. The molecule has 10 atom stereocenters. The van der Waals surface area contributed by atoms with Crippen molar-refractivity contribution in [1.82, 2.24) is 15.1 Å². The summed E-state index contributed by atoms with van der Waals surface area (Å²) < 4.78 is 28.3. The second-order valence-electron chi connectivity index (χ2n) is 12.5. The Bertz CT molecular complexity index is 932.